The summed E-state index contributed by atoms with van der Waals surface area (Å²) in [5.74, 6) is -1.09. The van der Waals surface area contributed by atoms with Crippen molar-refractivity contribution in [2.45, 2.75) is 26.4 Å². The Kier molecular flexibility index (Phi) is 3.84. The fourth-order valence-corrected chi connectivity index (χ4v) is 0.963. The van der Waals surface area contributed by atoms with Crippen molar-refractivity contribution in [1.29, 1.82) is 0 Å². The highest BCUT2D eigenvalue weighted by Gasteiger charge is 2.34. The first-order valence-corrected chi connectivity index (χ1v) is 4.24. The molecule has 0 radical (unpaired) electrons. The van der Waals surface area contributed by atoms with Gasteiger partial charge in [0.1, 0.15) is 6.61 Å². The molecule has 14 heavy (non-hydrogen) atoms. The van der Waals surface area contributed by atoms with Crippen LogP contribution in [0.2, 0.25) is 0 Å². The highest BCUT2D eigenvalue weighted by Crippen LogP contribution is 2.13. The first-order chi connectivity index (χ1) is 6.63. The summed E-state index contributed by atoms with van der Waals surface area (Å²) in [4.78, 5) is 21.6. The normalized spacial score (nSPS) is 25.9. The minimum atomic E-state index is -1.08. The fourth-order valence-electron chi connectivity index (χ4n) is 0.963. The SMILES string of the molecule is CCOC(=O)[C@@H]1OC[C@H](OC(C)=O)O1. The number of ether oxygens (including phenoxy) is 4. The Morgan fingerprint density at radius 2 is 2.21 bits per heavy atom. The zero-order chi connectivity index (χ0) is 10.6. The zero-order valence-electron chi connectivity index (χ0n) is 8.02. The highest BCUT2D eigenvalue weighted by atomic mass is 16.8. The lowest BCUT2D eigenvalue weighted by molar-refractivity contribution is -0.191. The Labute approximate surface area is 81.1 Å². The Morgan fingerprint density at radius 1 is 1.50 bits per heavy atom. The van der Waals surface area contributed by atoms with E-state index in [4.69, 9.17) is 9.47 Å². The van der Waals surface area contributed by atoms with E-state index in [9.17, 15) is 9.59 Å². The molecular formula is C8H12O6. The summed E-state index contributed by atoms with van der Waals surface area (Å²) in [6.07, 6.45) is -1.90. The van der Waals surface area contributed by atoms with Crippen LogP contribution < -0.4 is 0 Å². The Balaban J connectivity index is 2.33. The van der Waals surface area contributed by atoms with Crippen LogP contribution in [0.15, 0.2) is 0 Å². The molecule has 0 spiro atoms. The Bertz CT molecular complexity index is 226. The van der Waals surface area contributed by atoms with Gasteiger partial charge in [-0.2, -0.15) is 0 Å². The third-order valence-electron chi connectivity index (χ3n) is 1.44. The Hall–Kier alpha value is -1.14. The number of carbonyl (C=O) groups is 2. The van der Waals surface area contributed by atoms with Crippen LogP contribution >= 0.6 is 0 Å². The van der Waals surface area contributed by atoms with Crippen LogP contribution in [0.4, 0.5) is 0 Å². The number of rotatable bonds is 3. The molecule has 0 unspecified atom stereocenters. The molecule has 0 aliphatic carbocycles. The molecule has 2 atom stereocenters. The van der Waals surface area contributed by atoms with Crippen LogP contribution in [0.5, 0.6) is 0 Å². The average molecular weight is 204 g/mol. The van der Waals surface area contributed by atoms with Gasteiger partial charge in [-0.1, -0.05) is 0 Å². The molecule has 1 aliphatic rings. The summed E-state index contributed by atoms with van der Waals surface area (Å²) in [7, 11) is 0. The number of hydrogen-bond acceptors (Lipinski definition) is 6. The smallest absolute Gasteiger partial charge is 0.363 e. The van der Waals surface area contributed by atoms with Gasteiger partial charge in [-0.3, -0.25) is 4.79 Å². The van der Waals surface area contributed by atoms with E-state index in [1.807, 2.05) is 0 Å². The predicted octanol–water partition coefficient (Wildman–Crippen LogP) is -0.188. The molecule has 1 saturated heterocycles. The van der Waals surface area contributed by atoms with Crippen LogP contribution in [0, 0.1) is 0 Å². The molecule has 0 N–H and O–H groups in total. The van der Waals surface area contributed by atoms with Crippen molar-refractivity contribution >= 4 is 11.9 Å². The van der Waals surface area contributed by atoms with Crippen molar-refractivity contribution in [3.63, 3.8) is 0 Å². The minimum absolute atomic E-state index is 0.0447. The second-order valence-electron chi connectivity index (χ2n) is 2.59. The summed E-state index contributed by atoms with van der Waals surface area (Å²) in [6.45, 7) is 3.22. The summed E-state index contributed by atoms with van der Waals surface area (Å²) >= 11 is 0. The van der Waals surface area contributed by atoms with E-state index in [1.54, 1.807) is 6.92 Å². The standard InChI is InChI=1S/C8H12O6/c1-3-11-7(10)8-12-4-6(14-8)13-5(2)9/h6,8H,3-4H2,1-2H3/t6-,8-/m1/s1. The predicted molar refractivity (Wildman–Crippen MR) is 43.0 cm³/mol. The van der Waals surface area contributed by atoms with Gasteiger partial charge in [-0.05, 0) is 6.92 Å². The van der Waals surface area contributed by atoms with Gasteiger partial charge in [0.05, 0.1) is 6.61 Å². The van der Waals surface area contributed by atoms with Crippen LogP contribution in [0.3, 0.4) is 0 Å². The molecular weight excluding hydrogens is 192 g/mol. The van der Waals surface area contributed by atoms with Crippen LogP contribution in [-0.2, 0) is 28.5 Å². The van der Waals surface area contributed by atoms with E-state index in [1.165, 1.54) is 6.92 Å². The van der Waals surface area contributed by atoms with Crippen molar-refractivity contribution in [1.82, 2.24) is 0 Å². The van der Waals surface area contributed by atoms with Crippen molar-refractivity contribution in [2.24, 2.45) is 0 Å². The molecule has 0 aromatic rings. The molecule has 1 rings (SSSR count). The highest BCUT2D eigenvalue weighted by molar-refractivity contribution is 5.73. The topological polar surface area (TPSA) is 71.1 Å². The first kappa shape index (κ1) is 10.9. The van der Waals surface area contributed by atoms with E-state index in [2.05, 4.69) is 9.47 Å². The molecule has 1 fully saturated rings. The molecule has 0 amide bonds. The second kappa shape index (κ2) is 4.92. The lowest BCUT2D eigenvalue weighted by Gasteiger charge is -2.09. The molecule has 0 aromatic heterocycles. The van der Waals surface area contributed by atoms with E-state index in [0.29, 0.717) is 0 Å². The average Bonchev–Trinajstić information content (AvgIpc) is 2.52. The molecule has 0 bridgehead atoms. The largest absolute Gasteiger partial charge is 0.462 e. The summed E-state index contributed by atoms with van der Waals surface area (Å²) in [6, 6.07) is 0. The molecule has 1 heterocycles. The maximum absolute atomic E-state index is 11.1. The van der Waals surface area contributed by atoms with Crippen molar-refractivity contribution in [3.05, 3.63) is 0 Å². The zero-order valence-corrected chi connectivity index (χ0v) is 8.02. The van der Waals surface area contributed by atoms with Crippen molar-refractivity contribution < 1.29 is 28.5 Å². The maximum atomic E-state index is 11.1. The van der Waals surface area contributed by atoms with Crippen LogP contribution in [0.1, 0.15) is 13.8 Å². The van der Waals surface area contributed by atoms with E-state index in [0.717, 1.165) is 0 Å². The molecule has 0 saturated carbocycles. The van der Waals surface area contributed by atoms with Gasteiger partial charge < -0.3 is 18.9 Å². The molecule has 6 nitrogen and oxygen atoms in total. The third-order valence-corrected chi connectivity index (χ3v) is 1.44. The van der Waals surface area contributed by atoms with Gasteiger partial charge in [-0.15, -0.1) is 0 Å². The van der Waals surface area contributed by atoms with Gasteiger partial charge in [0, 0.05) is 6.92 Å². The molecule has 80 valence electrons. The molecule has 6 heteroatoms. The number of hydrogen-bond donors (Lipinski definition) is 0. The van der Waals surface area contributed by atoms with Gasteiger partial charge in [0.25, 0.3) is 6.29 Å². The fraction of sp³-hybridized carbons (Fsp3) is 0.750. The monoisotopic (exact) mass is 204 g/mol. The minimum Gasteiger partial charge on any atom is -0.462 e. The van der Waals surface area contributed by atoms with Gasteiger partial charge in [0.2, 0.25) is 6.29 Å². The van der Waals surface area contributed by atoms with E-state index in [-0.39, 0.29) is 13.2 Å². The van der Waals surface area contributed by atoms with E-state index < -0.39 is 24.5 Å². The first-order valence-electron chi connectivity index (χ1n) is 4.24. The maximum Gasteiger partial charge on any atom is 0.363 e. The lowest BCUT2D eigenvalue weighted by atomic mass is 10.6. The van der Waals surface area contributed by atoms with Crippen molar-refractivity contribution in [2.75, 3.05) is 13.2 Å². The lowest BCUT2D eigenvalue weighted by Crippen LogP contribution is -2.26. The molecule has 0 aromatic carbocycles. The van der Waals surface area contributed by atoms with Crippen LogP contribution in [0.25, 0.3) is 0 Å². The van der Waals surface area contributed by atoms with Gasteiger partial charge in [0.15, 0.2) is 0 Å². The second-order valence-corrected chi connectivity index (χ2v) is 2.59. The summed E-state index contributed by atoms with van der Waals surface area (Å²) in [5, 5.41) is 0. The third kappa shape index (κ3) is 2.97. The van der Waals surface area contributed by atoms with Gasteiger partial charge >= 0.3 is 11.9 Å². The molecule has 1 aliphatic heterocycles. The van der Waals surface area contributed by atoms with E-state index >= 15 is 0 Å². The quantitative estimate of drug-likeness (QED) is 0.593. The number of esters is 2. The van der Waals surface area contributed by atoms with Gasteiger partial charge in [-0.25, -0.2) is 4.79 Å². The summed E-state index contributed by atoms with van der Waals surface area (Å²) in [5.41, 5.74) is 0. The number of carbonyl (C=O) groups excluding carboxylic acids is 2. The van der Waals surface area contributed by atoms with Crippen LogP contribution in [-0.4, -0.2) is 37.7 Å². The van der Waals surface area contributed by atoms with Crippen molar-refractivity contribution in [3.8, 4) is 0 Å². The Morgan fingerprint density at radius 3 is 2.79 bits per heavy atom. The summed E-state index contributed by atoms with van der Waals surface area (Å²) < 4.78 is 19.2.